The average Bonchev–Trinajstić information content (AvgIpc) is 3.53. The molecule has 2 aliphatic carbocycles. The van der Waals surface area contributed by atoms with Crippen LogP contribution in [0.25, 0.3) is 78.4 Å². The highest BCUT2D eigenvalue weighted by Gasteiger charge is 2.44. The molecule has 1 aromatic heterocycles. The first-order valence-corrected chi connectivity index (χ1v) is 19.3. The van der Waals surface area contributed by atoms with Gasteiger partial charge in [0.15, 0.2) is 5.82 Å². The molecule has 0 N–H and O–H groups in total. The van der Waals surface area contributed by atoms with Gasteiger partial charge in [0, 0.05) is 22.1 Å². The summed E-state index contributed by atoms with van der Waals surface area (Å²) in [4.78, 5) is 10.6. The normalized spacial score (nSPS) is 14.1. The van der Waals surface area contributed by atoms with Crippen LogP contribution in [0.4, 0.5) is 0 Å². The lowest BCUT2D eigenvalue weighted by Gasteiger charge is -2.36. The standard InChI is InChI=1S/C52H40N2/c1-5-18-36(19-6-1)40-31-30-39(34-45(40)37-20-7-2-8-21-37)48-35-49(54-51(53-48)38-22-9-3-10-23-38)42-25-12-11-24-41(42)43-27-17-29-47-50(43)44-26-13-14-28-46(44)52(47)32-15-4-16-33-52/h1-3,5-14,17-31,34-35H,4,15-16,32-33H2. The zero-order chi connectivity index (χ0) is 35.9. The van der Waals surface area contributed by atoms with E-state index in [1.807, 2.05) is 6.07 Å². The molecule has 7 aromatic carbocycles. The second-order valence-corrected chi connectivity index (χ2v) is 14.8. The van der Waals surface area contributed by atoms with Crippen LogP contribution in [0.15, 0.2) is 182 Å². The molecule has 2 aliphatic rings. The molecule has 258 valence electrons. The molecule has 0 bridgehead atoms. The van der Waals surface area contributed by atoms with Crippen LogP contribution >= 0.6 is 0 Å². The summed E-state index contributed by atoms with van der Waals surface area (Å²) >= 11 is 0. The van der Waals surface area contributed by atoms with Gasteiger partial charge in [-0.15, -0.1) is 0 Å². The molecule has 0 radical (unpaired) electrons. The van der Waals surface area contributed by atoms with Crippen molar-refractivity contribution in [1.29, 1.82) is 0 Å². The SMILES string of the molecule is c1ccc(-c2nc(-c3ccc(-c4ccccc4)c(-c4ccccc4)c3)cc(-c3ccccc3-c3cccc4c3-c3ccccc3C43CCCCC3)n2)cc1. The molecule has 54 heavy (non-hydrogen) atoms. The minimum Gasteiger partial charge on any atom is -0.228 e. The van der Waals surface area contributed by atoms with Crippen molar-refractivity contribution in [3.63, 3.8) is 0 Å². The van der Waals surface area contributed by atoms with Gasteiger partial charge in [0.1, 0.15) is 0 Å². The Bertz CT molecular complexity index is 2620. The number of aromatic nitrogens is 2. The van der Waals surface area contributed by atoms with E-state index < -0.39 is 0 Å². The maximum Gasteiger partial charge on any atom is 0.160 e. The van der Waals surface area contributed by atoms with Crippen molar-refractivity contribution in [2.24, 2.45) is 0 Å². The fourth-order valence-electron chi connectivity index (χ4n) is 9.24. The molecule has 1 spiro atoms. The Morgan fingerprint density at radius 2 is 0.889 bits per heavy atom. The molecule has 0 amide bonds. The number of fused-ring (bicyclic) bond motifs is 5. The molecule has 10 rings (SSSR count). The number of benzene rings is 7. The fraction of sp³-hybridized carbons (Fsp3) is 0.115. The molecule has 1 heterocycles. The Labute approximate surface area is 317 Å². The molecular formula is C52H40N2. The van der Waals surface area contributed by atoms with E-state index >= 15 is 0 Å². The molecule has 0 unspecified atom stereocenters. The second-order valence-electron chi connectivity index (χ2n) is 14.8. The van der Waals surface area contributed by atoms with Crippen LogP contribution in [-0.2, 0) is 5.41 Å². The van der Waals surface area contributed by atoms with Gasteiger partial charge in [-0.3, -0.25) is 0 Å². The first kappa shape index (κ1) is 32.3. The number of hydrogen-bond acceptors (Lipinski definition) is 2. The van der Waals surface area contributed by atoms with Crippen LogP contribution in [0, 0.1) is 0 Å². The summed E-state index contributed by atoms with van der Waals surface area (Å²) in [6, 6.07) is 65.7. The summed E-state index contributed by atoms with van der Waals surface area (Å²) in [6.45, 7) is 0. The van der Waals surface area contributed by atoms with Gasteiger partial charge < -0.3 is 0 Å². The van der Waals surface area contributed by atoms with E-state index in [0.717, 1.165) is 33.9 Å². The zero-order valence-electron chi connectivity index (χ0n) is 30.3. The highest BCUT2D eigenvalue weighted by atomic mass is 14.9. The van der Waals surface area contributed by atoms with Gasteiger partial charge in [0.2, 0.25) is 0 Å². The Balaban J connectivity index is 1.17. The minimum atomic E-state index is 0.0973. The fourth-order valence-corrected chi connectivity index (χ4v) is 9.24. The van der Waals surface area contributed by atoms with Crippen LogP contribution in [0.3, 0.4) is 0 Å². The van der Waals surface area contributed by atoms with Crippen molar-refractivity contribution in [2.45, 2.75) is 37.5 Å². The van der Waals surface area contributed by atoms with Gasteiger partial charge in [-0.2, -0.15) is 0 Å². The summed E-state index contributed by atoms with van der Waals surface area (Å²) in [5, 5.41) is 0. The Kier molecular flexibility index (Phi) is 8.10. The third-order valence-corrected chi connectivity index (χ3v) is 11.7. The van der Waals surface area contributed by atoms with Gasteiger partial charge >= 0.3 is 0 Å². The maximum absolute atomic E-state index is 5.34. The highest BCUT2D eigenvalue weighted by molar-refractivity contribution is 5.97. The van der Waals surface area contributed by atoms with Crippen molar-refractivity contribution < 1.29 is 0 Å². The first-order valence-electron chi connectivity index (χ1n) is 19.3. The Hall–Kier alpha value is -6.38. The average molecular weight is 693 g/mol. The summed E-state index contributed by atoms with van der Waals surface area (Å²) in [5.74, 6) is 0.719. The monoisotopic (exact) mass is 692 g/mol. The lowest BCUT2D eigenvalue weighted by atomic mass is 9.67. The van der Waals surface area contributed by atoms with Crippen molar-refractivity contribution in [3.8, 4) is 78.4 Å². The topological polar surface area (TPSA) is 25.8 Å². The van der Waals surface area contributed by atoms with Crippen molar-refractivity contribution >= 4 is 0 Å². The summed E-state index contributed by atoms with van der Waals surface area (Å²) in [5.41, 5.74) is 18.1. The van der Waals surface area contributed by atoms with Crippen molar-refractivity contribution in [1.82, 2.24) is 9.97 Å². The van der Waals surface area contributed by atoms with E-state index in [1.54, 1.807) is 0 Å². The molecule has 1 saturated carbocycles. The van der Waals surface area contributed by atoms with Crippen LogP contribution in [0.1, 0.15) is 43.2 Å². The Morgan fingerprint density at radius 1 is 0.333 bits per heavy atom. The van der Waals surface area contributed by atoms with E-state index in [9.17, 15) is 0 Å². The molecule has 0 saturated heterocycles. The van der Waals surface area contributed by atoms with Gasteiger partial charge in [-0.25, -0.2) is 9.97 Å². The third kappa shape index (κ3) is 5.49. The smallest absolute Gasteiger partial charge is 0.160 e. The molecule has 0 aliphatic heterocycles. The first-order chi connectivity index (χ1) is 26.8. The largest absolute Gasteiger partial charge is 0.228 e. The van der Waals surface area contributed by atoms with E-state index in [4.69, 9.17) is 9.97 Å². The van der Waals surface area contributed by atoms with Crippen LogP contribution in [0.5, 0.6) is 0 Å². The third-order valence-electron chi connectivity index (χ3n) is 11.7. The number of rotatable bonds is 6. The molecule has 2 heteroatoms. The van der Waals surface area contributed by atoms with E-state index in [2.05, 4.69) is 176 Å². The van der Waals surface area contributed by atoms with E-state index in [-0.39, 0.29) is 5.41 Å². The second kappa shape index (κ2) is 13.5. The summed E-state index contributed by atoms with van der Waals surface area (Å²) in [6.07, 6.45) is 6.30. The maximum atomic E-state index is 5.34. The summed E-state index contributed by atoms with van der Waals surface area (Å²) < 4.78 is 0. The van der Waals surface area contributed by atoms with Gasteiger partial charge in [-0.1, -0.05) is 189 Å². The van der Waals surface area contributed by atoms with Crippen molar-refractivity contribution in [2.75, 3.05) is 0 Å². The van der Waals surface area contributed by atoms with E-state index in [0.29, 0.717) is 0 Å². The van der Waals surface area contributed by atoms with Crippen LogP contribution in [-0.4, -0.2) is 9.97 Å². The van der Waals surface area contributed by atoms with Crippen LogP contribution < -0.4 is 0 Å². The Morgan fingerprint density at radius 3 is 1.61 bits per heavy atom. The molecule has 0 atom stereocenters. The zero-order valence-corrected chi connectivity index (χ0v) is 30.3. The van der Waals surface area contributed by atoms with Gasteiger partial charge in [0.25, 0.3) is 0 Å². The molecule has 1 fully saturated rings. The number of hydrogen-bond donors (Lipinski definition) is 0. The molecule has 8 aromatic rings. The van der Waals surface area contributed by atoms with Crippen LogP contribution in [0.2, 0.25) is 0 Å². The quantitative estimate of drug-likeness (QED) is 0.173. The summed E-state index contributed by atoms with van der Waals surface area (Å²) in [7, 11) is 0. The number of nitrogens with zero attached hydrogens (tertiary/aromatic N) is 2. The van der Waals surface area contributed by atoms with E-state index in [1.165, 1.54) is 87.7 Å². The lowest BCUT2D eigenvalue weighted by molar-refractivity contribution is 0.353. The van der Waals surface area contributed by atoms with Gasteiger partial charge in [-0.05, 0) is 80.6 Å². The lowest BCUT2D eigenvalue weighted by Crippen LogP contribution is -2.27. The van der Waals surface area contributed by atoms with Crippen molar-refractivity contribution in [3.05, 3.63) is 193 Å². The van der Waals surface area contributed by atoms with Gasteiger partial charge in [0.05, 0.1) is 11.4 Å². The highest BCUT2D eigenvalue weighted by Crippen LogP contribution is 2.58. The predicted octanol–water partition coefficient (Wildman–Crippen LogP) is 13.7. The predicted molar refractivity (Wildman–Crippen MR) is 224 cm³/mol. The molecular weight excluding hydrogens is 653 g/mol. The molecule has 2 nitrogen and oxygen atoms in total. The minimum absolute atomic E-state index is 0.0973.